The lowest BCUT2D eigenvalue weighted by molar-refractivity contribution is 1.09. The van der Waals surface area contributed by atoms with Crippen LogP contribution in [0.1, 0.15) is 11.1 Å². The number of aryl methyl sites for hydroxylation is 1. The Hall–Kier alpha value is -0.990. The number of benzene rings is 1. The lowest BCUT2D eigenvalue weighted by Crippen LogP contribution is -2.14. The SMILES string of the molecule is Cc1cccc2c(Cl)c(CCCl)c(=O)[nH]c12. The van der Waals surface area contributed by atoms with E-state index in [1.807, 2.05) is 25.1 Å². The average Bonchev–Trinajstić information content (AvgIpc) is 2.26. The predicted octanol–water partition coefficient (Wildman–Crippen LogP) is 3.27. The molecule has 16 heavy (non-hydrogen) atoms. The molecule has 84 valence electrons. The van der Waals surface area contributed by atoms with Gasteiger partial charge >= 0.3 is 0 Å². The quantitative estimate of drug-likeness (QED) is 0.822. The van der Waals surface area contributed by atoms with Crippen LogP contribution in [-0.2, 0) is 6.42 Å². The van der Waals surface area contributed by atoms with E-state index in [9.17, 15) is 4.79 Å². The zero-order chi connectivity index (χ0) is 11.7. The number of halogens is 2. The number of nitrogens with one attached hydrogen (secondary N) is 1. The van der Waals surface area contributed by atoms with Crippen molar-refractivity contribution in [3.05, 3.63) is 44.7 Å². The number of fused-ring (bicyclic) bond motifs is 1. The van der Waals surface area contributed by atoms with Gasteiger partial charge in [-0.1, -0.05) is 29.8 Å². The van der Waals surface area contributed by atoms with Crippen LogP contribution in [0.3, 0.4) is 0 Å². The molecule has 0 fully saturated rings. The molecule has 1 heterocycles. The summed E-state index contributed by atoms with van der Waals surface area (Å²) in [4.78, 5) is 14.7. The van der Waals surface area contributed by atoms with E-state index in [0.717, 1.165) is 16.5 Å². The summed E-state index contributed by atoms with van der Waals surface area (Å²) in [6.45, 7) is 1.94. The molecule has 0 saturated carbocycles. The van der Waals surface area contributed by atoms with Crippen molar-refractivity contribution >= 4 is 34.1 Å². The molecule has 0 bridgehead atoms. The molecule has 4 heteroatoms. The fourth-order valence-electron chi connectivity index (χ4n) is 1.79. The molecule has 0 atom stereocenters. The van der Waals surface area contributed by atoms with Crippen molar-refractivity contribution in [1.82, 2.24) is 4.98 Å². The van der Waals surface area contributed by atoms with Crippen molar-refractivity contribution in [2.75, 3.05) is 5.88 Å². The van der Waals surface area contributed by atoms with Crippen molar-refractivity contribution in [2.24, 2.45) is 0 Å². The van der Waals surface area contributed by atoms with Crippen molar-refractivity contribution in [1.29, 1.82) is 0 Å². The van der Waals surface area contributed by atoms with Crippen LogP contribution in [0.2, 0.25) is 5.02 Å². The van der Waals surface area contributed by atoms with Gasteiger partial charge in [0.15, 0.2) is 0 Å². The van der Waals surface area contributed by atoms with Gasteiger partial charge in [0.05, 0.1) is 10.5 Å². The van der Waals surface area contributed by atoms with Gasteiger partial charge in [-0.3, -0.25) is 4.79 Å². The van der Waals surface area contributed by atoms with Gasteiger partial charge in [-0.2, -0.15) is 0 Å². The van der Waals surface area contributed by atoms with E-state index in [4.69, 9.17) is 23.2 Å². The number of aromatic nitrogens is 1. The first-order valence-electron chi connectivity index (χ1n) is 5.01. The van der Waals surface area contributed by atoms with Gasteiger partial charge in [0.25, 0.3) is 5.56 Å². The van der Waals surface area contributed by atoms with Crippen LogP contribution in [-0.4, -0.2) is 10.9 Å². The van der Waals surface area contributed by atoms with Crippen molar-refractivity contribution in [2.45, 2.75) is 13.3 Å². The molecule has 1 aromatic carbocycles. The van der Waals surface area contributed by atoms with E-state index in [0.29, 0.717) is 22.9 Å². The fourth-order valence-corrected chi connectivity index (χ4v) is 2.31. The highest BCUT2D eigenvalue weighted by molar-refractivity contribution is 6.36. The Morgan fingerprint density at radius 1 is 1.38 bits per heavy atom. The maximum absolute atomic E-state index is 11.8. The molecule has 0 aliphatic heterocycles. The van der Waals surface area contributed by atoms with Crippen molar-refractivity contribution in [3.63, 3.8) is 0 Å². The molecule has 2 nitrogen and oxygen atoms in total. The molecular formula is C12H11Cl2NO. The third kappa shape index (κ3) is 1.83. The lowest BCUT2D eigenvalue weighted by Gasteiger charge is -2.07. The molecule has 0 aliphatic carbocycles. The van der Waals surface area contributed by atoms with Crippen molar-refractivity contribution in [3.8, 4) is 0 Å². The normalized spacial score (nSPS) is 10.9. The topological polar surface area (TPSA) is 32.9 Å². The average molecular weight is 256 g/mol. The van der Waals surface area contributed by atoms with E-state index in [2.05, 4.69) is 4.98 Å². The summed E-state index contributed by atoms with van der Waals surface area (Å²) in [6.07, 6.45) is 0.486. The standard InChI is InChI=1S/C12H11Cl2NO/c1-7-3-2-4-8-10(14)9(5-6-13)12(16)15-11(7)8/h2-4H,5-6H2,1H3,(H,15,16). The van der Waals surface area contributed by atoms with Crippen LogP contribution in [0.15, 0.2) is 23.0 Å². The van der Waals surface area contributed by atoms with E-state index < -0.39 is 0 Å². The molecule has 1 N–H and O–H groups in total. The number of pyridine rings is 1. The second-order valence-corrected chi connectivity index (χ2v) is 4.44. The van der Waals surface area contributed by atoms with Gasteiger partial charge in [-0.05, 0) is 18.9 Å². The lowest BCUT2D eigenvalue weighted by atomic mass is 10.1. The first kappa shape index (κ1) is 11.5. The zero-order valence-corrected chi connectivity index (χ0v) is 10.3. The van der Waals surface area contributed by atoms with E-state index in [1.165, 1.54) is 0 Å². The molecule has 0 unspecified atom stereocenters. The van der Waals surface area contributed by atoms with Gasteiger partial charge in [0.2, 0.25) is 0 Å². The van der Waals surface area contributed by atoms with Crippen LogP contribution >= 0.6 is 23.2 Å². The molecule has 0 spiro atoms. The summed E-state index contributed by atoms with van der Waals surface area (Å²) in [5.74, 6) is 0.389. The number of para-hydroxylation sites is 1. The van der Waals surface area contributed by atoms with Crippen LogP contribution in [0.25, 0.3) is 10.9 Å². The van der Waals surface area contributed by atoms with E-state index in [1.54, 1.807) is 0 Å². The minimum Gasteiger partial charge on any atom is -0.321 e. The Morgan fingerprint density at radius 3 is 2.81 bits per heavy atom. The van der Waals surface area contributed by atoms with Crippen molar-refractivity contribution < 1.29 is 0 Å². The fraction of sp³-hybridized carbons (Fsp3) is 0.250. The Kier molecular flexibility index (Phi) is 3.22. The summed E-state index contributed by atoms with van der Waals surface area (Å²) in [5, 5.41) is 1.39. The molecule has 1 aromatic heterocycles. The highest BCUT2D eigenvalue weighted by Gasteiger charge is 2.10. The van der Waals surface area contributed by atoms with E-state index >= 15 is 0 Å². The van der Waals surface area contributed by atoms with Gasteiger partial charge in [-0.15, -0.1) is 11.6 Å². The number of rotatable bonds is 2. The number of hydrogen-bond donors (Lipinski definition) is 1. The van der Waals surface area contributed by atoms with Crippen LogP contribution in [0.5, 0.6) is 0 Å². The summed E-state index contributed by atoms with van der Waals surface area (Å²) >= 11 is 11.9. The second kappa shape index (κ2) is 4.48. The van der Waals surface area contributed by atoms with Crippen LogP contribution in [0, 0.1) is 6.92 Å². The third-order valence-corrected chi connectivity index (χ3v) is 3.25. The largest absolute Gasteiger partial charge is 0.321 e. The highest BCUT2D eigenvalue weighted by Crippen LogP contribution is 2.25. The first-order chi connectivity index (χ1) is 7.65. The summed E-state index contributed by atoms with van der Waals surface area (Å²) < 4.78 is 0. The Balaban J connectivity index is 2.84. The van der Waals surface area contributed by atoms with Gasteiger partial charge < -0.3 is 4.98 Å². The molecule has 2 rings (SSSR count). The van der Waals surface area contributed by atoms with Crippen LogP contribution < -0.4 is 5.56 Å². The number of hydrogen-bond acceptors (Lipinski definition) is 1. The van der Waals surface area contributed by atoms with Gasteiger partial charge in [-0.25, -0.2) is 0 Å². The molecule has 0 radical (unpaired) electrons. The third-order valence-electron chi connectivity index (χ3n) is 2.63. The number of aromatic amines is 1. The molecule has 0 saturated heterocycles. The number of alkyl halides is 1. The zero-order valence-electron chi connectivity index (χ0n) is 8.81. The van der Waals surface area contributed by atoms with Crippen LogP contribution in [0.4, 0.5) is 0 Å². The van der Waals surface area contributed by atoms with E-state index in [-0.39, 0.29) is 5.56 Å². The Labute approximate surface area is 103 Å². The molecule has 0 amide bonds. The number of H-pyrrole nitrogens is 1. The second-order valence-electron chi connectivity index (χ2n) is 3.68. The Morgan fingerprint density at radius 2 is 2.12 bits per heavy atom. The van der Waals surface area contributed by atoms with Gasteiger partial charge in [0.1, 0.15) is 0 Å². The Bertz CT molecular complexity index is 589. The maximum Gasteiger partial charge on any atom is 0.253 e. The summed E-state index contributed by atoms with van der Waals surface area (Å²) in [5.41, 5.74) is 2.23. The smallest absolute Gasteiger partial charge is 0.253 e. The predicted molar refractivity (Wildman–Crippen MR) is 68.7 cm³/mol. The summed E-state index contributed by atoms with van der Waals surface area (Å²) in [7, 11) is 0. The minimum atomic E-state index is -0.146. The highest BCUT2D eigenvalue weighted by atomic mass is 35.5. The summed E-state index contributed by atoms with van der Waals surface area (Å²) in [6, 6.07) is 5.76. The maximum atomic E-state index is 11.8. The monoisotopic (exact) mass is 255 g/mol. The minimum absolute atomic E-state index is 0.146. The first-order valence-corrected chi connectivity index (χ1v) is 5.92. The van der Waals surface area contributed by atoms with Gasteiger partial charge in [0, 0.05) is 16.8 Å². The molecular weight excluding hydrogens is 245 g/mol. The molecule has 0 aliphatic rings. The molecule has 2 aromatic rings.